The lowest BCUT2D eigenvalue weighted by molar-refractivity contribution is 0.424. The van der Waals surface area contributed by atoms with E-state index in [9.17, 15) is 0 Å². The van der Waals surface area contributed by atoms with Gasteiger partial charge in [0.2, 0.25) is 0 Å². The summed E-state index contributed by atoms with van der Waals surface area (Å²) in [6.07, 6.45) is 14.5. The number of unbranched alkanes of at least 4 members (excludes halogenated alkanes) is 2. The second-order valence-electron chi connectivity index (χ2n) is 3.65. The van der Waals surface area contributed by atoms with Gasteiger partial charge in [-0.25, -0.2) is 0 Å². The molecule has 0 aromatic carbocycles. The van der Waals surface area contributed by atoms with E-state index in [0.29, 0.717) is 0 Å². The summed E-state index contributed by atoms with van der Waals surface area (Å²) in [6, 6.07) is 0. The van der Waals surface area contributed by atoms with E-state index in [-0.39, 0.29) is 0 Å². The molecular weight excluding hydrogens is 132 g/mol. The number of hydrogen-bond donors (Lipinski definition) is 0. The molecule has 0 fully saturated rings. The van der Waals surface area contributed by atoms with Gasteiger partial charge in [0, 0.05) is 0 Å². The van der Waals surface area contributed by atoms with Gasteiger partial charge in [0.15, 0.2) is 0 Å². The zero-order valence-corrected chi connectivity index (χ0v) is 7.68. The molecule has 0 heteroatoms. The summed E-state index contributed by atoms with van der Waals surface area (Å²) >= 11 is 0. The Hall–Kier alpha value is -0.260. The standard InChI is InChI=1S/C11H20/c1-2-3-5-8-11-9-6-4-7-10-11/h4,6,11H,2-3,5,7-10H2,1H3/t11-/m0/s1. The zero-order chi connectivity index (χ0) is 7.94. The van der Waals surface area contributed by atoms with Crippen LogP contribution in [0.4, 0.5) is 0 Å². The van der Waals surface area contributed by atoms with Gasteiger partial charge in [-0.2, -0.15) is 0 Å². The molecule has 11 heavy (non-hydrogen) atoms. The van der Waals surface area contributed by atoms with Crippen molar-refractivity contribution in [1.29, 1.82) is 0 Å². The maximum Gasteiger partial charge on any atom is -0.0322 e. The van der Waals surface area contributed by atoms with E-state index in [0.717, 1.165) is 5.92 Å². The highest BCUT2D eigenvalue weighted by atomic mass is 14.1. The van der Waals surface area contributed by atoms with E-state index in [1.807, 2.05) is 0 Å². The molecule has 0 bridgehead atoms. The lowest BCUT2D eigenvalue weighted by Gasteiger charge is -2.16. The fraction of sp³-hybridized carbons (Fsp3) is 0.818. The highest BCUT2D eigenvalue weighted by Crippen LogP contribution is 2.23. The summed E-state index contributed by atoms with van der Waals surface area (Å²) in [5, 5.41) is 0. The van der Waals surface area contributed by atoms with Crippen LogP contribution < -0.4 is 0 Å². The van der Waals surface area contributed by atoms with Crippen LogP contribution in [0.2, 0.25) is 0 Å². The summed E-state index contributed by atoms with van der Waals surface area (Å²) < 4.78 is 0. The molecule has 0 unspecified atom stereocenters. The van der Waals surface area contributed by atoms with Crippen LogP contribution in [0.15, 0.2) is 12.2 Å². The molecule has 0 saturated carbocycles. The predicted molar refractivity (Wildman–Crippen MR) is 50.6 cm³/mol. The lowest BCUT2D eigenvalue weighted by atomic mass is 9.90. The molecule has 1 aliphatic rings. The first-order valence-corrected chi connectivity index (χ1v) is 5.08. The summed E-state index contributed by atoms with van der Waals surface area (Å²) in [5.74, 6) is 1.02. The molecule has 0 aliphatic heterocycles. The molecule has 1 rings (SSSR count). The van der Waals surface area contributed by atoms with E-state index >= 15 is 0 Å². The molecule has 0 N–H and O–H groups in total. The fourth-order valence-corrected chi connectivity index (χ4v) is 1.80. The third-order valence-electron chi connectivity index (χ3n) is 2.59. The van der Waals surface area contributed by atoms with Crippen molar-refractivity contribution < 1.29 is 0 Å². The third kappa shape index (κ3) is 3.60. The zero-order valence-electron chi connectivity index (χ0n) is 7.68. The van der Waals surface area contributed by atoms with Crippen molar-refractivity contribution in [2.45, 2.75) is 51.9 Å². The fourth-order valence-electron chi connectivity index (χ4n) is 1.80. The lowest BCUT2D eigenvalue weighted by Crippen LogP contribution is -2.01. The van der Waals surface area contributed by atoms with E-state index in [4.69, 9.17) is 0 Å². The Kier molecular flexibility index (Phi) is 4.33. The van der Waals surface area contributed by atoms with Crippen LogP contribution in [-0.2, 0) is 0 Å². The Morgan fingerprint density at radius 2 is 2.18 bits per heavy atom. The summed E-state index contributed by atoms with van der Waals surface area (Å²) in [6.45, 7) is 2.28. The van der Waals surface area contributed by atoms with Crippen molar-refractivity contribution in [1.82, 2.24) is 0 Å². The monoisotopic (exact) mass is 152 g/mol. The molecule has 0 amide bonds. The van der Waals surface area contributed by atoms with Crippen LogP contribution in [-0.4, -0.2) is 0 Å². The van der Waals surface area contributed by atoms with E-state index in [2.05, 4.69) is 19.1 Å². The molecule has 64 valence electrons. The van der Waals surface area contributed by atoms with E-state index < -0.39 is 0 Å². The van der Waals surface area contributed by atoms with Gasteiger partial charge in [-0.15, -0.1) is 0 Å². The quantitative estimate of drug-likeness (QED) is 0.423. The second-order valence-corrected chi connectivity index (χ2v) is 3.65. The Bertz CT molecular complexity index is 113. The Morgan fingerprint density at radius 3 is 2.82 bits per heavy atom. The number of hydrogen-bond acceptors (Lipinski definition) is 0. The van der Waals surface area contributed by atoms with Crippen LogP contribution >= 0.6 is 0 Å². The minimum atomic E-state index is 1.02. The van der Waals surface area contributed by atoms with Crippen LogP contribution in [0.1, 0.15) is 51.9 Å². The van der Waals surface area contributed by atoms with Crippen molar-refractivity contribution in [3.63, 3.8) is 0 Å². The molecular formula is C11H20. The van der Waals surface area contributed by atoms with Crippen LogP contribution in [0, 0.1) is 5.92 Å². The first-order chi connectivity index (χ1) is 5.43. The van der Waals surface area contributed by atoms with Crippen molar-refractivity contribution in [2.75, 3.05) is 0 Å². The van der Waals surface area contributed by atoms with Crippen LogP contribution in [0.25, 0.3) is 0 Å². The van der Waals surface area contributed by atoms with Crippen molar-refractivity contribution >= 4 is 0 Å². The van der Waals surface area contributed by atoms with Crippen molar-refractivity contribution in [3.05, 3.63) is 12.2 Å². The number of allylic oxidation sites excluding steroid dienone is 2. The van der Waals surface area contributed by atoms with Gasteiger partial charge in [0.05, 0.1) is 0 Å². The molecule has 0 nitrogen and oxygen atoms in total. The van der Waals surface area contributed by atoms with Gasteiger partial charge in [0.1, 0.15) is 0 Å². The predicted octanol–water partition coefficient (Wildman–Crippen LogP) is 3.92. The second kappa shape index (κ2) is 5.40. The molecule has 0 saturated heterocycles. The van der Waals surface area contributed by atoms with Gasteiger partial charge in [0.25, 0.3) is 0 Å². The van der Waals surface area contributed by atoms with Gasteiger partial charge in [-0.1, -0.05) is 44.8 Å². The molecule has 0 spiro atoms. The molecule has 0 radical (unpaired) electrons. The number of rotatable bonds is 4. The van der Waals surface area contributed by atoms with Crippen LogP contribution in [0.3, 0.4) is 0 Å². The molecule has 1 aliphatic carbocycles. The maximum absolute atomic E-state index is 2.36. The van der Waals surface area contributed by atoms with E-state index in [1.165, 1.54) is 44.9 Å². The maximum atomic E-state index is 2.36. The largest absolute Gasteiger partial charge is 0.0885 e. The Labute approximate surface area is 70.7 Å². The topological polar surface area (TPSA) is 0 Å². The molecule has 1 atom stereocenters. The first-order valence-electron chi connectivity index (χ1n) is 5.08. The average molecular weight is 152 g/mol. The van der Waals surface area contributed by atoms with Gasteiger partial charge in [-0.05, 0) is 25.2 Å². The third-order valence-corrected chi connectivity index (χ3v) is 2.59. The Morgan fingerprint density at radius 1 is 1.27 bits per heavy atom. The summed E-state index contributed by atoms with van der Waals surface area (Å²) in [4.78, 5) is 0. The minimum absolute atomic E-state index is 1.02. The minimum Gasteiger partial charge on any atom is -0.0885 e. The van der Waals surface area contributed by atoms with Gasteiger partial charge < -0.3 is 0 Å². The highest BCUT2D eigenvalue weighted by molar-refractivity contribution is 4.89. The highest BCUT2D eigenvalue weighted by Gasteiger charge is 2.08. The van der Waals surface area contributed by atoms with E-state index in [1.54, 1.807) is 0 Å². The molecule has 0 heterocycles. The van der Waals surface area contributed by atoms with Gasteiger partial charge in [-0.3, -0.25) is 0 Å². The van der Waals surface area contributed by atoms with Gasteiger partial charge >= 0.3 is 0 Å². The van der Waals surface area contributed by atoms with Crippen LogP contribution in [0.5, 0.6) is 0 Å². The average Bonchev–Trinajstić information content (AvgIpc) is 2.07. The molecule has 0 aromatic rings. The normalized spacial score (nSPS) is 23.9. The van der Waals surface area contributed by atoms with Crippen molar-refractivity contribution in [3.8, 4) is 0 Å². The summed E-state index contributed by atoms with van der Waals surface area (Å²) in [5.41, 5.74) is 0. The SMILES string of the molecule is CCCCC[C@H]1CC=CCC1. The van der Waals surface area contributed by atoms with Crippen molar-refractivity contribution in [2.24, 2.45) is 5.92 Å². The smallest absolute Gasteiger partial charge is 0.0322 e. The Balaban J connectivity index is 2.02. The summed E-state index contributed by atoms with van der Waals surface area (Å²) in [7, 11) is 0. The first kappa shape index (κ1) is 8.83. The molecule has 0 aromatic heterocycles.